The molecule has 1 aromatic carbocycles. The number of rotatable bonds is 8. The van der Waals surface area contributed by atoms with Gasteiger partial charge < -0.3 is 10.6 Å². The lowest BCUT2D eigenvalue weighted by Crippen LogP contribution is -2.55. The van der Waals surface area contributed by atoms with E-state index in [4.69, 9.17) is 0 Å². The Bertz CT molecular complexity index is 1610. The number of halogens is 4. The van der Waals surface area contributed by atoms with Gasteiger partial charge in [-0.05, 0) is 68.7 Å². The Balaban J connectivity index is 1.40. The second-order valence-electron chi connectivity index (χ2n) is 11.3. The van der Waals surface area contributed by atoms with E-state index in [9.17, 15) is 30.8 Å². The Labute approximate surface area is 234 Å². The summed E-state index contributed by atoms with van der Waals surface area (Å²) < 4.78 is 79.6. The predicted molar refractivity (Wildman–Crippen MR) is 149 cm³/mol. The Morgan fingerprint density at radius 3 is 2.46 bits per heavy atom. The molecule has 9 nitrogen and oxygen atoms in total. The summed E-state index contributed by atoms with van der Waals surface area (Å²) in [6.45, 7) is 5.79. The fourth-order valence-electron chi connectivity index (χ4n) is 5.50. The minimum atomic E-state index is -4.67. The number of fused-ring (bicyclic) bond motifs is 1. The van der Waals surface area contributed by atoms with Crippen molar-refractivity contribution in [2.24, 2.45) is 5.41 Å². The van der Waals surface area contributed by atoms with E-state index >= 15 is 0 Å². The zero-order valence-electron chi connectivity index (χ0n) is 22.7. The molecule has 41 heavy (non-hydrogen) atoms. The van der Waals surface area contributed by atoms with E-state index in [1.165, 1.54) is 10.6 Å². The van der Waals surface area contributed by atoms with Gasteiger partial charge in [-0.2, -0.15) is 18.2 Å². The molecular formula is C27H32F4N6O3S. The summed E-state index contributed by atoms with van der Waals surface area (Å²) >= 11 is 0. The summed E-state index contributed by atoms with van der Waals surface area (Å²) in [5.41, 5.74) is 0.232. The van der Waals surface area contributed by atoms with E-state index < -0.39 is 45.4 Å². The Kier molecular flexibility index (Phi) is 7.74. The number of benzene rings is 1. The quantitative estimate of drug-likeness (QED) is 0.319. The smallest absolute Gasteiger partial charge is 0.351 e. The number of anilines is 2. The van der Waals surface area contributed by atoms with E-state index in [-0.39, 0.29) is 23.2 Å². The lowest BCUT2D eigenvalue weighted by atomic mass is 9.68. The van der Waals surface area contributed by atoms with Crippen molar-refractivity contribution in [1.82, 2.24) is 19.9 Å². The molecule has 3 aromatic rings. The fourth-order valence-corrected chi connectivity index (χ4v) is 6.60. The highest BCUT2D eigenvalue weighted by molar-refractivity contribution is 7.92. The Morgan fingerprint density at radius 1 is 1.17 bits per heavy atom. The van der Waals surface area contributed by atoms with E-state index in [1.54, 1.807) is 12.3 Å². The first-order valence-electron chi connectivity index (χ1n) is 13.5. The van der Waals surface area contributed by atoms with Crippen LogP contribution in [0.1, 0.15) is 52.0 Å². The average molecular weight is 597 g/mol. The lowest BCUT2D eigenvalue weighted by Gasteiger charge is -2.47. The molecule has 1 aliphatic heterocycles. The summed E-state index contributed by atoms with van der Waals surface area (Å²) in [4.78, 5) is 22.7. The van der Waals surface area contributed by atoms with Crippen molar-refractivity contribution in [3.8, 4) is 11.1 Å². The second kappa shape index (κ2) is 10.9. The summed E-state index contributed by atoms with van der Waals surface area (Å²) in [5.74, 6) is -1.84. The molecule has 5 rings (SSSR count). The van der Waals surface area contributed by atoms with Gasteiger partial charge in [0.25, 0.3) is 5.56 Å². The molecule has 1 aliphatic carbocycles. The van der Waals surface area contributed by atoms with Crippen molar-refractivity contribution >= 4 is 32.7 Å². The molecule has 222 valence electrons. The molecule has 2 aromatic heterocycles. The van der Waals surface area contributed by atoms with Gasteiger partial charge >= 0.3 is 6.18 Å². The van der Waals surface area contributed by atoms with Crippen LogP contribution in [0.3, 0.4) is 0 Å². The zero-order valence-corrected chi connectivity index (χ0v) is 23.5. The van der Waals surface area contributed by atoms with Crippen LogP contribution in [0.4, 0.5) is 29.2 Å². The second-order valence-corrected chi connectivity index (χ2v) is 13.1. The van der Waals surface area contributed by atoms with Crippen molar-refractivity contribution in [2.75, 3.05) is 28.9 Å². The number of nitrogens with one attached hydrogen (secondary N) is 3. The van der Waals surface area contributed by atoms with Crippen LogP contribution in [0.25, 0.3) is 22.2 Å². The highest BCUT2D eigenvalue weighted by Gasteiger charge is 2.40. The van der Waals surface area contributed by atoms with E-state index in [2.05, 4.69) is 20.6 Å². The molecular weight excluding hydrogens is 564 g/mol. The van der Waals surface area contributed by atoms with Crippen molar-refractivity contribution in [1.29, 1.82) is 0 Å². The number of hydrogen-bond acceptors (Lipinski definition) is 7. The molecule has 0 amide bonds. The minimum Gasteiger partial charge on any atom is -0.351 e. The molecule has 1 spiro atoms. The predicted octanol–water partition coefficient (Wildman–Crippen LogP) is 4.82. The highest BCUT2D eigenvalue weighted by Crippen LogP contribution is 2.40. The molecule has 2 aliphatic rings. The number of hydrogen-bond donors (Lipinski definition) is 3. The van der Waals surface area contributed by atoms with Crippen LogP contribution < -0.4 is 20.9 Å². The van der Waals surface area contributed by atoms with Gasteiger partial charge in [-0.15, -0.1) is 0 Å². The van der Waals surface area contributed by atoms with Crippen molar-refractivity contribution < 1.29 is 26.0 Å². The third kappa shape index (κ3) is 6.48. The van der Waals surface area contributed by atoms with Crippen LogP contribution in [-0.4, -0.2) is 54.0 Å². The van der Waals surface area contributed by atoms with Crippen molar-refractivity contribution in [3.63, 3.8) is 0 Å². The standard InChI is InChI=1S/C27H32F4N6O3S/c1-16(2)37-23-18(13-33-25(35-23)34-19-5-7-26(8-6-19)14-32-15-26)11-20(24(37)38)17-3-4-22(21(28)12-17)36-41(39,40)10-9-27(29,30)31/h3-4,11-13,16,19,32,36H,5-10,14-15H2,1-2H3,(H,33,34,35). The van der Waals surface area contributed by atoms with Crippen LogP contribution in [-0.2, 0) is 10.0 Å². The third-order valence-electron chi connectivity index (χ3n) is 7.87. The first kappa shape index (κ1) is 29.2. The lowest BCUT2D eigenvalue weighted by molar-refractivity contribution is -0.129. The van der Waals surface area contributed by atoms with E-state index in [1.807, 2.05) is 18.6 Å². The van der Waals surface area contributed by atoms with Crippen LogP contribution in [0.15, 0.2) is 35.3 Å². The molecule has 3 N–H and O–H groups in total. The van der Waals surface area contributed by atoms with Gasteiger partial charge in [0, 0.05) is 42.3 Å². The maximum absolute atomic E-state index is 14.9. The third-order valence-corrected chi connectivity index (χ3v) is 9.14. The minimum absolute atomic E-state index is 0.146. The summed E-state index contributed by atoms with van der Waals surface area (Å²) in [5, 5.41) is 7.33. The molecule has 2 fully saturated rings. The summed E-state index contributed by atoms with van der Waals surface area (Å²) in [6, 6.07) is 4.89. The fraction of sp³-hybridized carbons (Fsp3) is 0.519. The van der Waals surface area contributed by atoms with E-state index in [0.29, 0.717) is 22.4 Å². The molecule has 3 heterocycles. The first-order chi connectivity index (χ1) is 19.2. The summed E-state index contributed by atoms with van der Waals surface area (Å²) in [7, 11) is -4.44. The SMILES string of the molecule is CC(C)n1c(=O)c(-c2ccc(NS(=O)(=O)CCC(F)(F)F)c(F)c2)cc2cnc(NC3CCC4(CC3)CNC4)nc21. The molecule has 0 bridgehead atoms. The maximum atomic E-state index is 14.9. The van der Waals surface area contributed by atoms with Crippen LogP contribution in [0, 0.1) is 11.2 Å². The van der Waals surface area contributed by atoms with Gasteiger partial charge in [0.05, 0.1) is 17.9 Å². The Morgan fingerprint density at radius 2 is 1.88 bits per heavy atom. The first-order valence-corrected chi connectivity index (χ1v) is 15.2. The molecule has 0 atom stereocenters. The van der Waals surface area contributed by atoms with E-state index in [0.717, 1.165) is 50.9 Å². The van der Waals surface area contributed by atoms with Crippen molar-refractivity contribution in [3.05, 3.63) is 46.6 Å². The zero-order chi connectivity index (χ0) is 29.6. The summed E-state index contributed by atoms with van der Waals surface area (Å²) in [6.07, 6.45) is -0.335. The largest absolute Gasteiger partial charge is 0.390 e. The number of aromatic nitrogens is 3. The van der Waals surface area contributed by atoms with Crippen molar-refractivity contribution in [2.45, 2.75) is 64.2 Å². The number of alkyl halides is 3. The van der Waals surface area contributed by atoms with Gasteiger partial charge in [0.1, 0.15) is 11.5 Å². The number of sulfonamides is 1. The van der Waals surface area contributed by atoms with Gasteiger partial charge in [-0.3, -0.25) is 14.1 Å². The monoisotopic (exact) mass is 596 g/mol. The number of pyridine rings is 1. The van der Waals surface area contributed by atoms with Crippen LogP contribution >= 0.6 is 0 Å². The molecule has 1 saturated carbocycles. The van der Waals surface area contributed by atoms with Gasteiger partial charge in [-0.25, -0.2) is 17.8 Å². The number of nitrogens with zero attached hydrogens (tertiary/aromatic N) is 3. The van der Waals surface area contributed by atoms with Crippen LogP contribution in [0.2, 0.25) is 0 Å². The molecule has 0 unspecified atom stereocenters. The molecule has 1 saturated heterocycles. The highest BCUT2D eigenvalue weighted by atomic mass is 32.2. The average Bonchev–Trinajstić information content (AvgIpc) is 2.87. The van der Waals surface area contributed by atoms with Gasteiger partial charge in [0.15, 0.2) is 0 Å². The molecule has 0 radical (unpaired) electrons. The maximum Gasteiger partial charge on any atom is 0.390 e. The normalized spacial score (nSPS) is 17.6. The van der Waals surface area contributed by atoms with Crippen LogP contribution in [0.5, 0.6) is 0 Å². The Hall–Kier alpha value is -3.26. The van der Waals surface area contributed by atoms with Gasteiger partial charge in [-0.1, -0.05) is 6.07 Å². The molecule has 14 heteroatoms. The van der Waals surface area contributed by atoms with Gasteiger partial charge in [0.2, 0.25) is 16.0 Å². The topological polar surface area (TPSA) is 118 Å².